The summed E-state index contributed by atoms with van der Waals surface area (Å²) in [5, 5.41) is 16.2. The zero-order valence-corrected chi connectivity index (χ0v) is 18.5. The Kier molecular flexibility index (Phi) is 6.11. The van der Waals surface area contributed by atoms with Crippen molar-refractivity contribution in [3.05, 3.63) is 35.5 Å². The summed E-state index contributed by atoms with van der Waals surface area (Å²) in [5.41, 5.74) is 1.38. The van der Waals surface area contributed by atoms with Gasteiger partial charge in [0.15, 0.2) is 5.65 Å². The van der Waals surface area contributed by atoms with E-state index in [0.29, 0.717) is 67.5 Å². The fourth-order valence-electron chi connectivity index (χ4n) is 4.67. The van der Waals surface area contributed by atoms with Crippen LogP contribution in [0.15, 0.2) is 18.3 Å². The predicted octanol–water partition coefficient (Wildman–Crippen LogP) is 4.22. The van der Waals surface area contributed by atoms with E-state index in [1.54, 1.807) is 13.1 Å². The first-order chi connectivity index (χ1) is 16.0. The highest BCUT2D eigenvalue weighted by molar-refractivity contribution is 5.76. The molecule has 2 aromatic heterocycles. The second kappa shape index (κ2) is 9.18. The monoisotopic (exact) mass is 458 g/mol. The molecule has 0 bridgehead atoms. The first kappa shape index (κ1) is 22.0. The summed E-state index contributed by atoms with van der Waals surface area (Å²) < 4.78 is 36.5. The number of nitrogens with one attached hydrogen (secondary N) is 2. The summed E-state index contributed by atoms with van der Waals surface area (Å²) >= 11 is 0. The molecule has 1 saturated heterocycles. The Morgan fingerprint density at radius 1 is 1.03 bits per heavy atom. The first-order valence-electron chi connectivity index (χ1n) is 11.5. The van der Waals surface area contributed by atoms with Gasteiger partial charge < -0.3 is 20.5 Å². The van der Waals surface area contributed by atoms with Crippen LogP contribution in [0.1, 0.15) is 50.1 Å². The third-order valence-corrected chi connectivity index (χ3v) is 6.44. The highest BCUT2D eigenvalue weighted by Gasteiger charge is 2.27. The average molecular weight is 459 g/mol. The van der Waals surface area contributed by atoms with Crippen LogP contribution in [0.25, 0.3) is 11.2 Å². The van der Waals surface area contributed by atoms with E-state index in [-0.39, 0.29) is 23.9 Å². The van der Waals surface area contributed by atoms with Crippen molar-refractivity contribution >= 4 is 28.7 Å². The second-order valence-electron chi connectivity index (χ2n) is 8.93. The summed E-state index contributed by atoms with van der Waals surface area (Å²) in [7, 11) is 0. The van der Waals surface area contributed by atoms with Gasteiger partial charge in [-0.05, 0) is 63.1 Å². The van der Waals surface area contributed by atoms with Gasteiger partial charge in [-0.15, -0.1) is 0 Å². The van der Waals surface area contributed by atoms with Crippen LogP contribution in [-0.4, -0.2) is 50.0 Å². The number of ether oxygens (including phenoxy) is 1. The molecule has 10 heteroatoms. The minimum Gasteiger partial charge on any atom is -0.393 e. The van der Waals surface area contributed by atoms with Crippen molar-refractivity contribution in [3.63, 3.8) is 0 Å². The fourth-order valence-corrected chi connectivity index (χ4v) is 4.67. The minimum atomic E-state index is -0.682. The number of fused-ring (bicyclic) bond motifs is 1. The van der Waals surface area contributed by atoms with Gasteiger partial charge in [0.05, 0.1) is 12.3 Å². The predicted molar refractivity (Wildman–Crippen MR) is 121 cm³/mol. The van der Waals surface area contributed by atoms with Crippen LogP contribution in [0.2, 0.25) is 0 Å². The third-order valence-electron chi connectivity index (χ3n) is 6.44. The number of rotatable bonds is 5. The van der Waals surface area contributed by atoms with E-state index < -0.39 is 11.6 Å². The molecule has 0 unspecified atom stereocenters. The number of nitrogens with zero attached hydrogens (tertiary/aromatic N) is 4. The van der Waals surface area contributed by atoms with Crippen LogP contribution in [0.5, 0.6) is 0 Å². The molecule has 3 heterocycles. The molecule has 1 saturated carbocycles. The number of aliphatic hydroxyl groups is 1. The van der Waals surface area contributed by atoms with Gasteiger partial charge in [-0.3, -0.25) is 4.57 Å². The number of halogens is 2. The Balaban J connectivity index is 1.54. The Morgan fingerprint density at radius 2 is 1.73 bits per heavy atom. The lowest BCUT2D eigenvalue weighted by atomic mass is 9.93. The SMILES string of the molecule is Cc1cc(F)c(Nc2nc3cnc(NC4CCOCC4)nc3n2[C@H]2CC[C@@H](O)CC2)c(F)c1. The van der Waals surface area contributed by atoms with Crippen molar-refractivity contribution in [1.29, 1.82) is 0 Å². The van der Waals surface area contributed by atoms with E-state index in [9.17, 15) is 13.9 Å². The Bertz CT molecular complexity index is 1120. The van der Waals surface area contributed by atoms with Gasteiger partial charge in [-0.1, -0.05) is 0 Å². The van der Waals surface area contributed by atoms with Crippen molar-refractivity contribution in [1.82, 2.24) is 19.5 Å². The number of anilines is 3. The molecule has 2 fully saturated rings. The van der Waals surface area contributed by atoms with Gasteiger partial charge in [-0.2, -0.15) is 4.98 Å². The second-order valence-corrected chi connectivity index (χ2v) is 8.93. The highest BCUT2D eigenvalue weighted by Crippen LogP contribution is 2.36. The molecule has 0 radical (unpaired) electrons. The molecule has 5 rings (SSSR count). The molecular formula is C23H28F2N6O2. The van der Waals surface area contributed by atoms with Crippen molar-refractivity contribution < 1.29 is 18.6 Å². The fraction of sp³-hybridized carbons (Fsp3) is 0.522. The van der Waals surface area contributed by atoms with Gasteiger partial charge in [0.2, 0.25) is 11.9 Å². The van der Waals surface area contributed by atoms with E-state index >= 15 is 0 Å². The van der Waals surface area contributed by atoms with Crippen LogP contribution in [0, 0.1) is 18.6 Å². The number of hydrogen-bond donors (Lipinski definition) is 3. The van der Waals surface area contributed by atoms with E-state index in [1.807, 2.05) is 4.57 Å². The lowest BCUT2D eigenvalue weighted by molar-refractivity contribution is 0.0903. The maximum atomic E-state index is 14.6. The van der Waals surface area contributed by atoms with Crippen LogP contribution in [0.3, 0.4) is 0 Å². The first-order valence-corrected chi connectivity index (χ1v) is 11.5. The molecule has 3 N–H and O–H groups in total. The molecule has 3 aromatic rings. The molecule has 1 aliphatic carbocycles. The Morgan fingerprint density at radius 3 is 2.42 bits per heavy atom. The van der Waals surface area contributed by atoms with E-state index in [2.05, 4.69) is 20.6 Å². The maximum absolute atomic E-state index is 14.6. The van der Waals surface area contributed by atoms with Crippen LogP contribution < -0.4 is 10.6 Å². The van der Waals surface area contributed by atoms with Gasteiger partial charge in [0.1, 0.15) is 22.8 Å². The van der Waals surface area contributed by atoms with Crippen molar-refractivity contribution in [3.8, 4) is 0 Å². The largest absolute Gasteiger partial charge is 0.393 e. The van der Waals surface area contributed by atoms with Crippen LogP contribution >= 0.6 is 0 Å². The molecule has 2 aliphatic rings. The number of aromatic nitrogens is 4. The van der Waals surface area contributed by atoms with Gasteiger partial charge in [-0.25, -0.2) is 18.7 Å². The van der Waals surface area contributed by atoms with Crippen LogP contribution in [0.4, 0.5) is 26.4 Å². The standard InChI is InChI=1S/C23H28F2N6O2/c1-13-10-17(24)20(18(25)11-13)29-23-28-19-12-26-22(27-14-6-8-33-9-7-14)30-21(19)31(23)15-2-4-16(32)5-3-15/h10-12,14-16,32H,2-9H2,1H3,(H,28,29)(H,26,27,30)/t15-,16+. The number of hydrogen-bond acceptors (Lipinski definition) is 7. The quantitative estimate of drug-likeness (QED) is 0.527. The number of imidazole rings is 1. The lowest BCUT2D eigenvalue weighted by Gasteiger charge is -2.28. The summed E-state index contributed by atoms with van der Waals surface area (Å²) in [4.78, 5) is 13.7. The molecule has 0 amide bonds. The van der Waals surface area contributed by atoms with E-state index in [4.69, 9.17) is 9.72 Å². The van der Waals surface area contributed by atoms with E-state index in [0.717, 1.165) is 12.8 Å². The van der Waals surface area contributed by atoms with Crippen molar-refractivity contribution in [2.45, 2.75) is 63.6 Å². The highest BCUT2D eigenvalue weighted by atomic mass is 19.1. The summed E-state index contributed by atoms with van der Waals surface area (Å²) in [6, 6.07) is 2.78. The molecule has 8 nitrogen and oxygen atoms in total. The Hall–Kier alpha value is -2.85. The summed E-state index contributed by atoms with van der Waals surface area (Å²) in [6.07, 6.45) is 5.77. The molecule has 33 heavy (non-hydrogen) atoms. The summed E-state index contributed by atoms with van der Waals surface area (Å²) in [6.45, 7) is 3.04. The van der Waals surface area contributed by atoms with Crippen molar-refractivity contribution in [2.75, 3.05) is 23.8 Å². The number of aliphatic hydroxyl groups excluding tert-OH is 1. The smallest absolute Gasteiger partial charge is 0.224 e. The molecule has 0 spiro atoms. The molecule has 1 aromatic carbocycles. The van der Waals surface area contributed by atoms with E-state index in [1.165, 1.54) is 12.1 Å². The summed E-state index contributed by atoms with van der Waals surface area (Å²) in [5.74, 6) is -0.563. The Labute approximate surface area is 190 Å². The molecule has 176 valence electrons. The minimum absolute atomic E-state index is 0.0108. The molecule has 1 aliphatic heterocycles. The lowest BCUT2D eigenvalue weighted by Crippen LogP contribution is -2.28. The van der Waals surface area contributed by atoms with Gasteiger partial charge in [0.25, 0.3) is 0 Å². The van der Waals surface area contributed by atoms with Crippen LogP contribution in [-0.2, 0) is 4.74 Å². The zero-order chi connectivity index (χ0) is 22.9. The normalized spacial score (nSPS) is 21.9. The average Bonchev–Trinajstić information content (AvgIpc) is 3.15. The number of aryl methyl sites for hydroxylation is 1. The van der Waals surface area contributed by atoms with Gasteiger partial charge in [0, 0.05) is 25.3 Å². The topological polar surface area (TPSA) is 97.1 Å². The number of benzene rings is 1. The van der Waals surface area contributed by atoms with Crippen molar-refractivity contribution in [2.24, 2.45) is 0 Å². The van der Waals surface area contributed by atoms with Gasteiger partial charge >= 0.3 is 0 Å². The molecular weight excluding hydrogens is 430 g/mol. The molecule has 0 atom stereocenters. The maximum Gasteiger partial charge on any atom is 0.224 e. The third kappa shape index (κ3) is 4.63. The zero-order valence-electron chi connectivity index (χ0n) is 18.5.